The number of hydrogen-bond donors (Lipinski definition) is 0. The van der Waals surface area contributed by atoms with Crippen LogP contribution in [-0.4, -0.2) is 47.2 Å². The summed E-state index contributed by atoms with van der Waals surface area (Å²) in [7, 11) is 1.58. The molecule has 0 aliphatic heterocycles. The molecule has 0 aliphatic rings. The molecule has 0 spiro atoms. The zero-order valence-corrected chi connectivity index (χ0v) is 22.9. The van der Waals surface area contributed by atoms with E-state index < -0.39 is 17.7 Å². The minimum absolute atomic E-state index is 0.247. The Morgan fingerprint density at radius 2 is 1.34 bits per heavy atom. The van der Waals surface area contributed by atoms with E-state index in [2.05, 4.69) is 0 Å². The Labute approximate surface area is 225 Å². The maximum absolute atomic E-state index is 13.7. The van der Waals surface area contributed by atoms with Crippen LogP contribution in [-0.2, 0) is 34.0 Å². The van der Waals surface area contributed by atoms with E-state index in [0.29, 0.717) is 19.6 Å². The molecule has 0 fully saturated rings. The number of benzene rings is 3. The number of rotatable bonds is 11. The molecule has 0 saturated carbocycles. The predicted molar refractivity (Wildman–Crippen MR) is 147 cm³/mol. The van der Waals surface area contributed by atoms with Gasteiger partial charge in [0.15, 0.2) is 0 Å². The van der Waals surface area contributed by atoms with Gasteiger partial charge in [0.1, 0.15) is 30.6 Å². The first-order chi connectivity index (χ1) is 18.2. The molecule has 0 radical (unpaired) electrons. The van der Waals surface area contributed by atoms with Crippen LogP contribution in [0.25, 0.3) is 0 Å². The number of nitrogens with zero attached hydrogens (tertiary/aromatic N) is 2. The first-order valence-electron chi connectivity index (χ1n) is 12.9. The van der Waals surface area contributed by atoms with Crippen molar-refractivity contribution in [3.05, 3.63) is 102 Å². The Kier molecular flexibility index (Phi) is 10.3. The number of carbonyl (C=O) groups excluding carboxylic acids is 2. The van der Waals surface area contributed by atoms with Crippen LogP contribution in [0.15, 0.2) is 84.9 Å². The number of ether oxygens (including phenoxy) is 2. The molecule has 1 unspecified atom stereocenters. The predicted octanol–water partition coefficient (Wildman–Crippen LogP) is 6.02. The smallest absolute Gasteiger partial charge is 0.410 e. The van der Waals surface area contributed by atoms with Gasteiger partial charge < -0.3 is 9.47 Å². The van der Waals surface area contributed by atoms with Gasteiger partial charge in [-0.15, -0.1) is 0 Å². The molecular weight excluding hydrogens is 480 g/mol. The van der Waals surface area contributed by atoms with Gasteiger partial charge >= 0.3 is 6.09 Å². The third kappa shape index (κ3) is 8.92. The van der Waals surface area contributed by atoms with Crippen molar-refractivity contribution in [2.24, 2.45) is 0 Å². The van der Waals surface area contributed by atoms with Crippen LogP contribution in [0, 0.1) is 0 Å². The van der Waals surface area contributed by atoms with Crippen LogP contribution in [0.1, 0.15) is 44.4 Å². The average molecular weight is 519 g/mol. The van der Waals surface area contributed by atoms with Gasteiger partial charge in [0.25, 0.3) is 5.91 Å². The molecule has 202 valence electrons. The zero-order chi connectivity index (χ0) is 27.5. The lowest BCUT2D eigenvalue weighted by atomic mass is 10.0. The molecular formula is C31H38N2O5. The van der Waals surface area contributed by atoms with Gasteiger partial charge in [-0.2, -0.15) is 0 Å². The van der Waals surface area contributed by atoms with Gasteiger partial charge in [0.05, 0.1) is 0 Å². The van der Waals surface area contributed by atoms with Gasteiger partial charge in [-0.3, -0.25) is 14.5 Å². The quantitative estimate of drug-likeness (QED) is 0.290. The topological polar surface area (TPSA) is 68.3 Å². The highest BCUT2D eigenvalue weighted by atomic mass is 16.7. The fourth-order valence-electron chi connectivity index (χ4n) is 3.74. The molecule has 7 heteroatoms. The second-order valence-corrected chi connectivity index (χ2v) is 10.0. The Morgan fingerprint density at radius 1 is 0.789 bits per heavy atom. The van der Waals surface area contributed by atoms with E-state index in [9.17, 15) is 9.59 Å². The maximum atomic E-state index is 13.7. The van der Waals surface area contributed by atoms with Gasteiger partial charge in [0.2, 0.25) is 0 Å². The molecule has 0 saturated heterocycles. The normalized spacial score (nSPS) is 11.9. The summed E-state index contributed by atoms with van der Waals surface area (Å²) in [6, 6.07) is 26.3. The molecule has 0 aliphatic carbocycles. The van der Waals surface area contributed by atoms with Crippen molar-refractivity contribution in [1.29, 1.82) is 0 Å². The summed E-state index contributed by atoms with van der Waals surface area (Å²) in [6.07, 6.45) is -0.281. The van der Waals surface area contributed by atoms with Gasteiger partial charge in [0, 0.05) is 20.0 Å². The second kappa shape index (κ2) is 13.6. The zero-order valence-electron chi connectivity index (χ0n) is 22.9. The molecule has 3 aromatic carbocycles. The number of likely N-dealkylation sites (N-methyl/N-ethyl adjacent to an activating group) is 2. The standard InChI is InChI=1S/C31H38N2O5/c1-6-33(37-23-26-15-11-8-12-16-26)29(34)28(32(5)30(35)38-31(2,3)4)21-24-17-19-27(20-18-24)36-22-25-13-9-7-10-14-25/h7-20,28H,6,21-23H2,1-5H3. The molecule has 0 heterocycles. The summed E-state index contributed by atoms with van der Waals surface area (Å²) in [6.45, 7) is 8.27. The molecule has 7 nitrogen and oxygen atoms in total. The van der Waals surface area contributed by atoms with Crippen molar-refractivity contribution in [2.45, 2.75) is 59.0 Å². The highest BCUT2D eigenvalue weighted by Crippen LogP contribution is 2.19. The van der Waals surface area contributed by atoms with E-state index in [1.165, 1.54) is 9.96 Å². The van der Waals surface area contributed by atoms with Crippen molar-refractivity contribution in [2.75, 3.05) is 13.6 Å². The third-order valence-corrected chi connectivity index (χ3v) is 5.80. The van der Waals surface area contributed by atoms with E-state index in [4.69, 9.17) is 14.3 Å². The fraction of sp³-hybridized carbons (Fsp3) is 0.355. The Balaban J connectivity index is 1.74. The van der Waals surface area contributed by atoms with E-state index in [0.717, 1.165) is 22.4 Å². The third-order valence-electron chi connectivity index (χ3n) is 5.80. The Bertz CT molecular complexity index is 1140. The highest BCUT2D eigenvalue weighted by molar-refractivity contribution is 5.85. The SMILES string of the molecule is CCN(OCc1ccccc1)C(=O)C(Cc1ccc(OCc2ccccc2)cc1)N(C)C(=O)OC(C)(C)C. The molecule has 0 bridgehead atoms. The number of carbonyl (C=O) groups is 2. The van der Waals surface area contributed by atoms with Crippen LogP contribution in [0.5, 0.6) is 5.75 Å². The van der Waals surface area contributed by atoms with Crippen LogP contribution >= 0.6 is 0 Å². The van der Waals surface area contributed by atoms with Crippen molar-refractivity contribution in [1.82, 2.24) is 9.96 Å². The molecule has 3 rings (SSSR count). The van der Waals surface area contributed by atoms with Gasteiger partial charge in [-0.05, 0) is 56.5 Å². The monoisotopic (exact) mass is 518 g/mol. The van der Waals surface area contributed by atoms with Crippen LogP contribution < -0.4 is 4.74 Å². The minimum Gasteiger partial charge on any atom is -0.489 e. The first kappa shape index (κ1) is 28.7. The summed E-state index contributed by atoms with van der Waals surface area (Å²) in [4.78, 5) is 33.8. The summed E-state index contributed by atoms with van der Waals surface area (Å²) < 4.78 is 11.4. The van der Waals surface area contributed by atoms with E-state index in [1.54, 1.807) is 27.8 Å². The molecule has 38 heavy (non-hydrogen) atoms. The maximum Gasteiger partial charge on any atom is 0.410 e. The van der Waals surface area contributed by atoms with Crippen molar-refractivity contribution >= 4 is 12.0 Å². The Hall–Kier alpha value is -3.84. The van der Waals surface area contributed by atoms with Crippen LogP contribution in [0.2, 0.25) is 0 Å². The molecule has 1 atom stereocenters. The fourth-order valence-corrected chi connectivity index (χ4v) is 3.74. The van der Waals surface area contributed by atoms with E-state index in [1.807, 2.05) is 91.9 Å². The molecule has 2 amide bonds. The molecule has 3 aromatic rings. The van der Waals surface area contributed by atoms with Gasteiger partial charge in [-0.1, -0.05) is 72.8 Å². The first-order valence-corrected chi connectivity index (χ1v) is 12.9. The van der Waals surface area contributed by atoms with Crippen molar-refractivity contribution in [3.8, 4) is 5.75 Å². The molecule has 0 N–H and O–H groups in total. The number of amides is 2. The van der Waals surface area contributed by atoms with Crippen molar-refractivity contribution in [3.63, 3.8) is 0 Å². The highest BCUT2D eigenvalue weighted by Gasteiger charge is 2.33. The lowest BCUT2D eigenvalue weighted by Gasteiger charge is -2.33. The largest absolute Gasteiger partial charge is 0.489 e. The van der Waals surface area contributed by atoms with Crippen molar-refractivity contribution < 1.29 is 23.9 Å². The summed E-state index contributed by atoms with van der Waals surface area (Å²) in [5.41, 5.74) is 2.22. The number of hydrogen-bond acceptors (Lipinski definition) is 5. The summed E-state index contributed by atoms with van der Waals surface area (Å²) in [5.74, 6) is 0.406. The lowest BCUT2D eigenvalue weighted by molar-refractivity contribution is -0.194. The summed E-state index contributed by atoms with van der Waals surface area (Å²) in [5, 5.41) is 1.32. The minimum atomic E-state index is -0.823. The number of hydroxylamine groups is 2. The van der Waals surface area contributed by atoms with E-state index in [-0.39, 0.29) is 12.5 Å². The molecule has 0 aromatic heterocycles. The van der Waals surface area contributed by atoms with Crippen LogP contribution in [0.3, 0.4) is 0 Å². The Morgan fingerprint density at radius 3 is 1.87 bits per heavy atom. The second-order valence-electron chi connectivity index (χ2n) is 10.0. The van der Waals surface area contributed by atoms with Gasteiger partial charge in [-0.25, -0.2) is 9.86 Å². The lowest BCUT2D eigenvalue weighted by Crippen LogP contribution is -2.51. The average Bonchev–Trinajstić information content (AvgIpc) is 2.91. The van der Waals surface area contributed by atoms with Crippen LogP contribution in [0.4, 0.5) is 4.79 Å². The summed E-state index contributed by atoms with van der Waals surface area (Å²) >= 11 is 0. The van der Waals surface area contributed by atoms with E-state index >= 15 is 0 Å².